The van der Waals surface area contributed by atoms with Gasteiger partial charge < -0.3 is 15.8 Å². The van der Waals surface area contributed by atoms with Crippen molar-refractivity contribution in [2.24, 2.45) is 5.73 Å². The van der Waals surface area contributed by atoms with E-state index in [1.54, 1.807) is 0 Å². The minimum Gasteiger partial charge on any atom is -0.469 e. The Hall–Kier alpha value is -1.17. The zero-order chi connectivity index (χ0) is 12.8. The van der Waals surface area contributed by atoms with Crippen LogP contribution in [0.4, 0.5) is 4.39 Å². The summed E-state index contributed by atoms with van der Waals surface area (Å²) in [6.45, 7) is 2.48. The van der Waals surface area contributed by atoms with Crippen molar-refractivity contribution in [3.8, 4) is 0 Å². The molecule has 0 aromatic heterocycles. The van der Waals surface area contributed by atoms with Crippen LogP contribution in [0.15, 0.2) is 0 Å². The highest BCUT2D eigenvalue weighted by Gasteiger charge is 2.26. The number of carbonyl (C=O) groups excluding carboxylic acids is 2. The first-order valence-electron chi connectivity index (χ1n) is 5.07. The maximum atomic E-state index is 13.1. The fourth-order valence-corrected chi connectivity index (χ4v) is 0.941. The van der Waals surface area contributed by atoms with Crippen molar-refractivity contribution in [1.82, 2.24) is 5.32 Å². The van der Waals surface area contributed by atoms with Crippen LogP contribution in [0.5, 0.6) is 0 Å². The van der Waals surface area contributed by atoms with Gasteiger partial charge in [0.2, 0.25) is 0 Å². The molecule has 0 aliphatic carbocycles. The number of halogens is 1. The molecule has 0 saturated heterocycles. The van der Waals surface area contributed by atoms with Crippen LogP contribution in [0.3, 0.4) is 0 Å². The van der Waals surface area contributed by atoms with Crippen molar-refractivity contribution >= 4 is 11.9 Å². The summed E-state index contributed by atoms with van der Waals surface area (Å²) in [4.78, 5) is 21.9. The van der Waals surface area contributed by atoms with Crippen LogP contribution in [0, 0.1) is 0 Å². The van der Waals surface area contributed by atoms with E-state index in [9.17, 15) is 14.0 Å². The Morgan fingerprint density at radius 2 is 2.06 bits per heavy atom. The summed E-state index contributed by atoms with van der Waals surface area (Å²) in [7, 11) is 1.29. The van der Waals surface area contributed by atoms with Crippen molar-refractivity contribution in [1.29, 1.82) is 0 Å². The molecule has 94 valence electrons. The van der Waals surface area contributed by atoms with E-state index in [0.717, 1.165) is 0 Å². The van der Waals surface area contributed by atoms with Crippen LogP contribution in [0.2, 0.25) is 0 Å². The summed E-state index contributed by atoms with van der Waals surface area (Å²) in [5.41, 5.74) is 3.71. The van der Waals surface area contributed by atoms with E-state index in [0.29, 0.717) is 6.42 Å². The topological polar surface area (TPSA) is 81.4 Å². The van der Waals surface area contributed by atoms with Gasteiger partial charge in [0.1, 0.15) is 0 Å². The normalized spacial score (nSPS) is 13.1. The van der Waals surface area contributed by atoms with Gasteiger partial charge in [-0.25, -0.2) is 4.39 Å². The first-order chi connectivity index (χ1) is 7.27. The second-order valence-electron chi connectivity index (χ2n) is 4.06. The van der Waals surface area contributed by atoms with Crippen molar-refractivity contribution in [2.45, 2.75) is 38.4 Å². The number of alkyl halides is 1. The zero-order valence-electron chi connectivity index (χ0n) is 9.88. The minimum atomic E-state index is -1.91. The average Bonchev–Trinajstić information content (AvgIpc) is 2.20. The lowest BCUT2D eigenvalue weighted by Crippen LogP contribution is -2.44. The lowest BCUT2D eigenvalue weighted by atomic mass is 10.1. The van der Waals surface area contributed by atoms with Gasteiger partial charge in [-0.3, -0.25) is 9.59 Å². The van der Waals surface area contributed by atoms with E-state index in [1.807, 2.05) is 0 Å². The summed E-state index contributed by atoms with van der Waals surface area (Å²) in [5.74, 6) is -1.06. The largest absolute Gasteiger partial charge is 0.469 e. The van der Waals surface area contributed by atoms with Gasteiger partial charge in [-0.15, -0.1) is 0 Å². The summed E-state index contributed by atoms with van der Waals surface area (Å²) in [6, 6.07) is -0.384. The molecule has 6 heteroatoms. The molecule has 1 atom stereocenters. The molecule has 0 saturated carbocycles. The quantitative estimate of drug-likeness (QED) is 0.640. The van der Waals surface area contributed by atoms with Gasteiger partial charge >= 0.3 is 5.97 Å². The predicted octanol–water partition coefficient (Wildman–Crippen LogP) is 0.131. The molecule has 1 amide bonds. The Balaban J connectivity index is 3.78. The molecule has 0 rings (SSSR count). The molecular weight excluding hydrogens is 215 g/mol. The molecule has 3 N–H and O–H groups in total. The number of hydrogen-bond acceptors (Lipinski definition) is 4. The number of hydrogen-bond donors (Lipinski definition) is 2. The van der Waals surface area contributed by atoms with Crippen molar-refractivity contribution in [3.05, 3.63) is 0 Å². The van der Waals surface area contributed by atoms with Crippen molar-refractivity contribution < 1.29 is 18.7 Å². The van der Waals surface area contributed by atoms with Gasteiger partial charge in [0.25, 0.3) is 5.91 Å². The maximum Gasteiger partial charge on any atom is 0.305 e. The molecule has 1 unspecified atom stereocenters. The Bertz CT molecular complexity index is 251. The molecule has 0 radical (unpaired) electrons. The number of methoxy groups -OCH3 is 1. The molecule has 5 nitrogen and oxygen atoms in total. The number of nitrogens with two attached hydrogens (primary N) is 1. The van der Waals surface area contributed by atoms with Gasteiger partial charge in [-0.1, -0.05) is 0 Å². The zero-order valence-corrected chi connectivity index (χ0v) is 9.88. The minimum absolute atomic E-state index is 0.142. The molecular formula is C10H19FN2O3. The van der Waals surface area contributed by atoms with E-state index in [-0.39, 0.29) is 25.0 Å². The molecule has 0 aromatic carbocycles. The Morgan fingerprint density at radius 3 is 2.50 bits per heavy atom. The van der Waals surface area contributed by atoms with Crippen LogP contribution in [-0.4, -0.2) is 37.2 Å². The third-order valence-corrected chi connectivity index (χ3v) is 2.01. The highest BCUT2D eigenvalue weighted by Crippen LogP contribution is 2.07. The molecule has 0 spiro atoms. The van der Waals surface area contributed by atoms with Gasteiger partial charge in [-0.2, -0.15) is 0 Å². The number of carbonyl (C=O) groups is 2. The second kappa shape index (κ2) is 6.42. The van der Waals surface area contributed by atoms with Gasteiger partial charge in [0.15, 0.2) is 5.67 Å². The lowest BCUT2D eigenvalue weighted by molar-refractivity contribution is -0.140. The fourth-order valence-electron chi connectivity index (χ4n) is 0.941. The monoisotopic (exact) mass is 234 g/mol. The lowest BCUT2D eigenvalue weighted by Gasteiger charge is -2.16. The summed E-state index contributed by atoms with van der Waals surface area (Å²) in [6.07, 6.45) is 0.576. The molecule has 0 fully saturated rings. The highest BCUT2D eigenvalue weighted by atomic mass is 19.1. The van der Waals surface area contributed by atoms with Crippen LogP contribution in [0.1, 0.15) is 26.7 Å². The molecule has 0 aliphatic rings. The summed E-state index contributed by atoms with van der Waals surface area (Å²) < 4.78 is 17.5. The molecule has 0 aromatic rings. The number of esters is 1. The van der Waals surface area contributed by atoms with E-state index >= 15 is 0 Å². The van der Waals surface area contributed by atoms with Crippen LogP contribution in [0.25, 0.3) is 0 Å². The van der Waals surface area contributed by atoms with Gasteiger partial charge in [0.05, 0.1) is 7.11 Å². The van der Waals surface area contributed by atoms with Crippen molar-refractivity contribution in [2.75, 3.05) is 13.7 Å². The molecule has 16 heavy (non-hydrogen) atoms. The summed E-state index contributed by atoms with van der Waals surface area (Å²) >= 11 is 0. The van der Waals surface area contributed by atoms with Crippen LogP contribution < -0.4 is 11.1 Å². The Labute approximate surface area is 94.5 Å². The first kappa shape index (κ1) is 14.8. The van der Waals surface area contributed by atoms with E-state index in [4.69, 9.17) is 5.73 Å². The molecule has 0 aliphatic heterocycles. The summed E-state index contributed by atoms with van der Waals surface area (Å²) in [5, 5.41) is 2.37. The van der Waals surface area contributed by atoms with E-state index in [1.165, 1.54) is 21.0 Å². The van der Waals surface area contributed by atoms with Gasteiger partial charge in [0, 0.05) is 19.0 Å². The van der Waals surface area contributed by atoms with E-state index in [2.05, 4.69) is 10.1 Å². The number of rotatable bonds is 6. The highest BCUT2D eigenvalue weighted by molar-refractivity contribution is 5.84. The molecule has 0 bridgehead atoms. The SMILES string of the molecule is COC(=O)CCC(N)CNC(=O)C(C)(C)F. The van der Waals surface area contributed by atoms with Crippen molar-refractivity contribution in [3.63, 3.8) is 0 Å². The fraction of sp³-hybridized carbons (Fsp3) is 0.800. The second-order valence-corrected chi connectivity index (χ2v) is 4.06. The van der Waals surface area contributed by atoms with E-state index < -0.39 is 11.6 Å². The first-order valence-corrected chi connectivity index (χ1v) is 5.07. The number of amides is 1. The smallest absolute Gasteiger partial charge is 0.305 e. The third-order valence-electron chi connectivity index (χ3n) is 2.01. The Morgan fingerprint density at radius 1 is 1.50 bits per heavy atom. The van der Waals surface area contributed by atoms with Gasteiger partial charge in [-0.05, 0) is 20.3 Å². The molecule has 0 heterocycles. The third kappa shape index (κ3) is 6.34. The van der Waals surface area contributed by atoms with Crippen LogP contribution in [-0.2, 0) is 14.3 Å². The number of nitrogens with one attached hydrogen (secondary N) is 1. The standard InChI is InChI=1S/C10H19FN2O3/c1-10(2,11)9(15)13-6-7(12)4-5-8(14)16-3/h7H,4-6,12H2,1-3H3,(H,13,15). The predicted molar refractivity (Wildman–Crippen MR) is 57.4 cm³/mol. The maximum absolute atomic E-state index is 13.1. The average molecular weight is 234 g/mol. The number of ether oxygens (including phenoxy) is 1. The Kier molecular flexibility index (Phi) is 5.95. The van der Waals surface area contributed by atoms with Crippen LogP contribution >= 0.6 is 0 Å².